The van der Waals surface area contributed by atoms with Gasteiger partial charge in [0, 0.05) is 0 Å². The van der Waals surface area contributed by atoms with Crippen LogP contribution >= 0.6 is 12.4 Å². The maximum atomic E-state index is 11.1. The molecule has 1 aromatic rings. The first-order valence-electron chi connectivity index (χ1n) is 4.78. The Hall–Kier alpha value is -1.04. The van der Waals surface area contributed by atoms with Crippen LogP contribution in [0.2, 0.25) is 0 Å². The molecular formula is C10H16ClNO4. The van der Waals surface area contributed by atoms with Gasteiger partial charge in [0.25, 0.3) is 0 Å². The van der Waals surface area contributed by atoms with E-state index in [1.807, 2.05) is 0 Å². The topological polar surface area (TPSA) is 85.7 Å². The summed E-state index contributed by atoms with van der Waals surface area (Å²) >= 11 is 0. The number of hydrogen-bond acceptors (Lipinski definition) is 5. The van der Waals surface area contributed by atoms with Crippen LogP contribution in [0.5, 0.6) is 0 Å². The minimum atomic E-state index is -0.524. The summed E-state index contributed by atoms with van der Waals surface area (Å²) in [5.74, 6) is 0.559. The molecule has 0 unspecified atom stereocenters. The molecule has 1 heterocycles. The van der Waals surface area contributed by atoms with Crippen molar-refractivity contribution in [2.75, 3.05) is 6.61 Å². The minimum absolute atomic E-state index is 0. The van der Waals surface area contributed by atoms with Crippen molar-refractivity contribution in [1.29, 1.82) is 0 Å². The smallest absolute Gasteiger partial charge is 0.307 e. The van der Waals surface area contributed by atoms with Gasteiger partial charge >= 0.3 is 5.97 Å². The summed E-state index contributed by atoms with van der Waals surface area (Å²) in [6.07, 6.45) is 0.0756. The van der Waals surface area contributed by atoms with Crippen LogP contribution in [0.4, 0.5) is 0 Å². The molecule has 0 spiro atoms. The maximum absolute atomic E-state index is 11.1. The van der Waals surface area contributed by atoms with E-state index in [-0.39, 0.29) is 31.4 Å². The molecule has 0 saturated carbocycles. The molecule has 6 heteroatoms. The van der Waals surface area contributed by atoms with Gasteiger partial charge in [0.1, 0.15) is 18.1 Å². The number of rotatable bonds is 5. The zero-order chi connectivity index (χ0) is 11.3. The zero-order valence-electron chi connectivity index (χ0n) is 9.01. The molecule has 92 valence electrons. The Kier molecular flexibility index (Phi) is 6.80. The predicted molar refractivity (Wildman–Crippen MR) is 60.1 cm³/mol. The second-order valence-corrected chi connectivity index (χ2v) is 3.08. The third-order valence-corrected chi connectivity index (χ3v) is 1.90. The third kappa shape index (κ3) is 4.22. The summed E-state index contributed by atoms with van der Waals surface area (Å²) in [5.41, 5.74) is 5.72. The Morgan fingerprint density at radius 2 is 2.31 bits per heavy atom. The van der Waals surface area contributed by atoms with Crippen LogP contribution in [-0.4, -0.2) is 17.7 Å². The molecule has 1 aromatic heterocycles. The van der Waals surface area contributed by atoms with Gasteiger partial charge in [-0.15, -0.1) is 12.4 Å². The number of carbonyl (C=O) groups is 1. The van der Waals surface area contributed by atoms with Crippen LogP contribution in [0.25, 0.3) is 0 Å². The van der Waals surface area contributed by atoms with E-state index in [0.717, 1.165) is 0 Å². The van der Waals surface area contributed by atoms with E-state index in [2.05, 4.69) is 0 Å². The minimum Gasteiger partial charge on any atom is -0.466 e. The Balaban J connectivity index is 0.00000225. The molecule has 0 amide bonds. The lowest BCUT2D eigenvalue weighted by atomic mass is 10.2. The van der Waals surface area contributed by atoms with Crippen molar-refractivity contribution in [3.05, 3.63) is 23.7 Å². The molecule has 0 aliphatic carbocycles. The molecule has 0 saturated heterocycles. The van der Waals surface area contributed by atoms with Crippen molar-refractivity contribution < 1.29 is 19.1 Å². The summed E-state index contributed by atoms with van der Waals surface area (Å²) in [6, 6.07) is 2.75. The van der Waals surface area contributed by atoms with E-state index in [0.29, 0.717) is 18.1 Å². The maximum Gasteiger partial charge on any atom is 0.307 e. The highest BCUT2D eigenvalue weighted by Gasteiger charge is 2.15. The number of hydrogen-bond donors (Lipinski definition) is 2. The number of nitrogens with two attached hydrogens (primary N) is 1. The van der Waals surface area contributed by atoms with Crippen molar-refractivity contribution in [3.63, 3.8) is 0 Å². The highest BCUT2D eigenvalue weighted by atomic mass is 35.5. The average molecular weight is 250 g/mol. The van der Waals surface area contributed by atoms with E-state index in [4.69, 9.17) is 20.0 Å². The molecule has 0 aliphatic rings. The molecule has 0 bridgehead atoms. The van der Waals surface area contributed by atoms with Gasteiger partial charge in [-0.2, -0.15) is 0 Å². The lowest BCUT2D eigenvalue weighted by Crippen LogP contribution is -2.16. The van der Waals surface area contributed by atoms with E-state index < -0.39 is 6.04 Å². The van der Waals surface area contributed by atoms with Gasteiger partial charge in [-0.25, -0.2) is 0 Å². The van der Waals surface area contributed by atoms with Crippen LogP contribution in [0.15, 0.2) is 16.5 Å². The molecule has 0 radical (unpaired) electrons. The molecule has 5 nitrogen and oxygen atoms in total. The highest BCUT2D eigenvalue weighted by molar-refractivity contribution is 5.85. The first-order valence-corrected chi connectivity index (χ1v) is 4.78. The predicted octanol–water partition coefficient (Wildman–Crippen LogP) is 1.15. The SMILES string of the molecule is CCOC(=O)C[C@H](N)c1ccc(CO)o1.Cl. The van der Waals surface area contributed by atoms with Gasteiger partial charge < -0.3 is 20.0 Å². The fraction of sp³-hybridized carbons (Fsp3) is 0.500. The first kappa shape index (κ1) is 15.0. The first-order chi connectivity index (χ1) is 7.17. The summed E-state index contributed by atoms with van der Waals surface area (Å²) in [4.78, 5) is 11.1. The van der Waals surface area contributed by atoms with Gasteiger partial charge in [-0.05, 0) is 19.1 Å². The number of aliphatic hydroxyl groups is 1. The summed E-state index contributed by atoms with van der Waals surface area (Å²) in [5, 5.41) is 8.77. The van der Waals surface area contributed by atoms with Crippen molar-refractivity contribution >= 4 is 18.4 Å². The molecule has 0 aliphatic heterocycles. The van der Waals surface area contributed by atoms with Crippen LogP contribution in [-0.2, 0) is 16.1 Å². The fourth-order valence-electron chi connectivity index (χ4n) is 1.18. The summed E-state index contributed by atoms with van der Waals surface area (Å²) in [7, 11) is 0. The van der Waals surface area contributed by atoms with E-state index in [1.165, 1.54) is 0 Å². The molecular weight excluding hydrogens is 234 g/mol. The molecule has 1 rings (SSSR count). The van der Waals surface area contributed by atoms with E-state index in [9.17, 15) is 4.79 Å². The molecule has 3 N–H and O–H groups in total. The number of carbonyl (C=O) groups excluding carboxylic acids is 1. The number of halogens is 1. The monoisotopic (exact) mass is 249 g/mol. The van der Waals surface area contributed by atoms with Crippen molar-refractivity contribution in [3.8, 4) is 0 Å². The Morgan fingerprint density at radius 3 is 2.81 bits per heavy atom. The average Bonchev–Trinajstić information content (AvgIpc) is 2.66. The van der Waals surface area contributed by atoms with Gasteiger partial charge in [-0.3, -0.25) is 4.79 Å². The largest absolute Gasteiger partial charge is 0.466 e. The highest BCUT2D eigenvalue weighted by Crippen LogP contribution is 2.17. The van der Waals surface area contributed by atoms with E-state index >= 15 is 0 Å². The number of esters is 1. The second-order valence-electron chi connectivity index (χ2n) is 3.08. The normalized spacial score (nSPS) is 11.7. The Labute approximate surface area is 100.0 Å². The van der Waals surface area contributed by atoms with Crippen molar-refractivity contribution in [2.45, 2.75) is 26.0 Å². The van der Waals surface area contributed by atoms with Gasteiger partial charge in [-0.1, -0.05) is 0 Å². The Bertz CT molecular complexity index is 326. The Morgan fingerprint density at radius 1 is 1.62 bits per heavy atom. The fourth-order valence-corrected chi connectivity index (χ4v) is 1.18. The lowest BCUT2D eigenvalue weighted by molar-refractivity contribution is -0.143. The number of ether oxygens (including phenoxy) is 1. The van der Waals surface area contributed by atoms with Crippen molar-refractivity contribution in [1.82, 2.24) is 0 Å². The summed E-state index contributed by atoms with van der Waals surface area (Å²) < 4.78 is 9.95. The van der Waals surface area contributed by atoms with Crippen LogP contribution in [0.3, 0.4) is 0 Å². The summed E-state index contributed by atoms with van der Waals surface area (Å²) in [6.45, 7) is 1.90. The third-order valence-electron chi connectivity index (χ3n) is 1.90. The molecule has 16 heavy (non-hydrogen) atoms. The molecule has 0 fully saturated rings. The van der Waals surface area contributed by atoms with Crippen molar-refractivity contribution in [2.24, 2.45) is 5.73 Å². The lowest BCUT2D eigenvalue weighted by Gasteiger charge is -2.07. The van der Waals surface area contributed by atoms with E-state index in [1.54, 1.807) is 19.1 Å². The second kappa shape index (κ2) is 7.27. The zero-order valence-corrected chi connectivity index (χ0v) is 9.83. The van der Waals surface area contributed by atoms with Crippen LogP contribution < -0.4 is 5.73 Å². The van der Waals surface area contributed by atoms with Gasteiger partial charge in [0.05, 0.1) is 19.1 Å². The van der Waals surface area contributed by atoms with Crippen LogP contribution in [0, 0.1) is 0 Å². The molecule has 0 aromatic carbocycles. The number of furan rings is 1. The number of aliphatic hydroxyl groups excluding tert-OH is 1. The van der Waals surface area contributed by atoms with Gasteiger partial charge in [0.2, 0.25) is 0 Å². The quantitative estimate of drug-likeness (QED) is 0.765. The van der Waals surface area contributed by atoms with Gasteiger partial charge in [0.15, 0.2) is 0 Å². The standard InChI is InChI=1S/C10H15NO4.ClH/c1-2-14-10(13)5-8(11)9-4-3-7(6-12)15-9;/h3-4,8,12H,2,5-6,11H2,1H3;1H/t8-;/m0./s1. The van der Waals surface area contributed by atoms with Crippen LogP contribution in [0.1, 0.15) is 30.9 Å². The molecule has 1 atom stereocenters.